The molecule has 3 atom stereocenters. The van der Waals surface area contributed by atoms with Crippen molar-refractivity contribution in [1.29, 1.82) is 0 Å². The van der Waals surface area contributed by atoms with E-state index in [-0.39, 0.29) is 31.2 Å². The molecule has 3 unspecified atom stereocenters. The number of nitrogens with zero attached hydrogens (tertiary/aromatic N) is 8. The molecule has 0 fully saturated rings. The number of pyridine rings is 2. The van der Waals surface area contributed by atoms with Crippen molar-refractivity contribution in [3.05, 3.63) is 155 Å². The Balaban J connectivity index is 0.000000207. The first-order valence-electron chi connectivity index (χ1n) is 20.0. The third kappa shape index (κ3) is 7.66. The van der Waals surface area contributed by atoms with E-state index in [4.69, 9.17) is 11.5 Å². The second-order valence-corrected chi connectivity index (χ2v) is 14.9. The zero-order valence-corrected chi connectivity index (χ0v) is 34.8. The fraction of sp³-hybridized carbons (Fsp3) is 0.255. The molecule has 0 saturated carbocycles. The number of nitrogens with two attached hydrogens (primary N) is 2. The molecule has 0 spiro atoms. The fourth-order valence-corrected chi connectivity index (χ4v) is 7.98. The Bertz CT molecular complexity index is 2760. The molecule has 6 aromatic rings. The summed E-state index contributed by atoms with van der Waals surface area (Å²) in [4.78, 5) is 57.7. The van der Waals surface area contributed by atoms with Crippen LogP contribution in [0.5, 0.6) is 0 Å². The van der Waals surface area contributed by atoms with E-state index in [1.165, 1.54) is 22.2 Å². The number of benzene rings is 2. The lowest BCUT2D eigenvalue weighted by Crippen LogP contribution is -2.41. The van der Waals surface area contributed by atoms with E-state index in [0.29, 0.717) is 75.4 Å². The van der Waals surface area contributed by atoms with Gasteiger partial charge >= 0.3 is 0 Å². The van der Waals surface area contributed by atoms with E-state index in [2.05, 4.69) is 20.0 Å². The first-order chi connectivity index (χ1) is 29.7. The number of carbonyl (C=O) groups excluding carboxylic acids is 3. The monoisotopic (exact) mass is 856 g/mol. The zero-order chi connectivity index (χ0) is 44.5. The Morgan fingerprint density at radius 1 is 0.683 bits per heavy atom. The van der Waals surface area contributed by atoms with Gasteiger partial charge in [0.1, 0.15) is 0 Å². The van der Waals surface area contributed by atoms with Crippen LogP contribution >= 0.6 is 0 Å². The van der Waals surface area contributed by atoms with Gasteiger partial charge in [0.15, 0.2) is 29.3 Å². The van der Waals surface area contributed by atoms with Gasteiger partial charge in [-0.05, 0) is 91.1 Å². The highest BCUT2D eigenvalue weighted by Crippen LogP contribution is 2.43. The number of rotatable bonds is 11. The number of likely N-dealkylation sites (N-methyl/N-ethyl adjacent to an activating group) is 2. The van der Waals surface area contributed by atoms with Crippen molar-refractivity contribution < 1.29 is 28.3 Å². The van der Waals surface area contributed by atoms with Crippen LogP contribution in [0.4, 0.5) is 8.78 Å². The van der Waals surface area contributed by atoms with Crippen LogP contribution in [0.15, 0.2) is 120 Å². The average Bonchev–Trinajstić information content (AvgIpc) is 4.04. The molecule has 0 radical (unpaired) electrons. The highest BCUT2D eigenvalue weighted by Gasteiger charge is 2.52. The zero-order valence-electron chi connectivity index (χ0n) is 34.8. The minimum absolute atomic E-state index is 0. The maximum atomic E-state index is 14.4. The summed E-state index contributed by atoms with van der Waals surface area (Å²) >= 11 is 0. The minimum atomic E-state index is -1.47. The number of aliphatic hydroxyl groups excluding tert-OH is 1. The minimum Gasteiger partial charge on any atom is -0.387 e. The molecule has 16 heteroatoms. The van der Waals surface area contributed by atoms with Crippen LogP contribution in [0.3, 0.4) is 0 Å². The third-order valence-corrected chi connectivity index (χ3v) is 11.4. The van der Waals surface area contributed by atoms with Gasteiger partial charge in [-0.15, -0.1) is 0 Å². The van der Waals surface area contributed by atoms with Gasteiger partial charge in [0.2, 0.25) is 11.9 Å². The Hall–Kier alpha value is -7.33. The van der Waals surface area contributed by atoms with Gasteiger partial charge in [-0.3, -0.25) is 24.2 Å². The summed E-state index contributed by atoms with van der Waals surface area (Å²) in [6, 6.07) is 24.0. The van der Waals surface area contributed by atoms with Crippen molar-refractivity contribution in [3.8, 4) is 22.3 Å². The second kappa shape index (κ2) is 17.9. The van der Waals surface area contributed by atoms with E-state index < -0.39 is 29.1 Å². The number of carbonyl (C=O) groups is 3. The number of aliphatic imine (C=N–C) groups is 2. The Labute approximate surface area is 364 Å². The first kappa shape index (κ1) is 45.2. The summed E-state index contributed by atoms with van der Waals surface area (Å²) < 4.78 is 32.3. The summed E-state index contributed by atoms with van der Waals surface area (Å²) in [5.41, 5.74) is 14.3. The fourth-order valence-electron chi connectivity index (χ4n) is 7.98. The molecule has 2 amide bonds. The van der Waals surface area contributed by atoms with Crippen molar-refractivity contribution in [2.75, 3.05) is 14.1 Å². The number of aliphatic hydroxyl groups is 1. The highest BCUT2D eigenvalue weighted by atomic mass is 19.1. The summed E-state index contributed by atoms with van der Waals surface area (Å²) in [5, 5.41) is 10.5. The van der Waals surface area contributed by atoms with E-state index in [1.54, 1.807) is 104 Å². The largest absolute Gasteiger partial charge is 0.387 e. The molecule has 2 aliphatic rings. The molecule has 0 aliphatic carbocycles. The molecule has 8 rings (SSSR count). The predicted octanol–water partition coefficient (Wildman–Crippen LogP) is 6.37. The number of aldehydes is 1. The van der Waals surface area contributed by atoms with Crippen LogP contribution in [0.2, 0.25) is 0 Å². The standard InChI is InChI=1S/C24H26FN5O2.C22H20FN5O2.CH4/c1-4-20(31)19-13-17(14-30(19)5-2)24(22(32)29(3)23(26)28-24)16-9-6-8-15(12-16)18-10-7-11-27-21(18)25;1-3-28-12-16(11-17(28)13-29)22(20(30)27(2)21(24)26-22)15-7-4-6-14(10-15)18-8-5-9-25-19(18)23;/h6-14,20,31H,4-5H2,1-3H3,(H2,26,28);4-13H,3H2,1-2H3,(H2,24,26);1H4. The predicted molar refractivity (Wildman–Crippen MR) is 237 cm³/mol. The number of hydrogen-bond donors (Lipinski definition) is 3. The van der Waals surface area contributed by atoms with Crippen molar-refractivity contribution >= 4 is 30.0 Å². The van der Waals surface area contributed by atoms with Gasteiger partial charge in [-0.1, -0.05) is 50.7 Å². The molecule has 0 saturated heterocycles. The van der Waals surface area contributed by atoms with E-state index in [1.807, 2.05) is 37.6 Å². The van der Waals surface area contributed by atoms with Gasteiger partial charge in [-0.25, -0.2) is 20.0 Å². The van der Waals surface area contributed by atoms with Crippen molar-refractivity contribution in [3.63, 3.8) is 0 Å². The lowest BCUT2D eigenvalue weighted by Gasteiger charge is -2.25. The number of halogens is 2. The molecule has 2 aromatic carbocycles. The maximum absolute atomic E-state index is 14.4. The Kier molecular flexibility index (Phi) is 12.9. The lowest BCUT2D eigenvalue weighted by molar-refractivity contribution is -0.130. The summed E-state index contributed by atoms with van der Waals surface area (Å²) in [6.45, 7) is 6.93. The average molecular weight is 857 g/mol. The van der Waals surface area contributed by atoms with Crippen LogP contribution in [0.1, 0.15) is 79.2 Å². The van der Waals surface area contributed by atoms with Gasteiger partial charge in [-0.2, -0.15) is 8.78 Å². The molecule has 326 valence electrons. The van der Waals surface area contributed by atoms with Crippen LogP contribution in [0, 0.1) is 11.9 Å². The molecule has 0 bridgehead atoms. The van der Waals surface area contributed by atoms with E-state index in [9.17, 15) is 28.3 Å². The van der Waals surface area contributed by atoms with Crippen molar-refractivity contribution in [2.24, 2.45) is 21.5 Å². The number of amides is 2. The summed E-state index contributed by atoms with van der Waals surface area (Å²) in [6.07, 6.45) is 6.92. The van der Waals surface area contributed by atoms with Crippen LogP contribution < -0.4 is 11.5 Å². The van der Waals surface area contributed by atoms with Crippen LogP contribution in [0.25, 0.3) is 22.3 Å². The molecule has 6 heterocycles. The summed E-state index contributed by atoms with van der Waals surface area (Å²) in [7, 11) is 3.12. The first-order valence-corrected chi connectivity index (χ1v) is 20.0. The molecular weight excluding hydrogens is 807 g/mol. The van der Waals surface area contributed by atoms with Crippen molar-refractivity contribution in [2.45, 2.75) is 64.9 Å². The summed E-state index contributed by atoms with van der Waals surface area (Å²) in [5.74, 6) is -1.71. The highest BCUT2D eigenvalue weighted by molar-refractivity contribution is 6.10. The molecule has 63 heavy (non-hydrogen) atoms. The number of aromatic nitrogens is 4. The maximum Gasteiger partial charge on any atom is 0.266 e. The smallest absolute Gasteiger partial charge is 0.266 e. The van der Waals surface area contributed by atoms with Gasteiger partial charge in [0.25, 0.3) is 11.8 Å². The molecule has 14 nitrogen and oxygen atoms in total. The van der Waals surface area contributed by atoms with Crippen LogP contribution in [-0.4, -0.2) is 78.1 Å². The van der Waals surface area contributed by atoms with Gasteiger partial charge in [0.05, 0.1) is 11.8 Å². The topological polar surface area (TPSA) is 190 Å². The molecule has 2 aliphatic heterocycles. The van der Waals surface area contributed by atoms with Crippen molar-refractivity contribution in [1.82, 2.24) is 28.9 Å². The Morgan fingerprint density at radius 3 is 1.52 bits per heavy atom. The quantitative estimate of drug-likeness (QED) is 0.0990. The number of aryl methyl sites for hydroxylation is 2. The number of hydrogen-bond acceptors (Lipinski definition) is 10. The van der Waals surface area contributed by atoms with E-state index in [0.717, 1.165) is 6.29 Å². The normalized spacial score (nSPS) is 18.7. The van der Waals surface area contributed by atoms with Crippen LogP contribution in [-0.2, 0) is 33.8 Å². The SMILES string of the molecule is C.CCC(O)c1cc(C2(c3cccc(-c4cccnc4F)c3)N=C(N)N(C)C2=O)cn1CC.CCn1cc(C2(c3cccc(-c4cccnc4F)c3)N=C(N)N(C)C2=O)cc1C=O. The van der Waals surface area contributed by atoms with E-state index >= 15 is 0 Å². The van der Waals surface area contributed by atoms with Gasteiger partial charge < -0.3 is 25.7 Å². The third-order valence-electron chi connectivity index (χ3n) is 11.4. The Morgan fingerprint density at radius 2 is 1.14 bits per heavy atom. The molecular formula is C47H50F2N10O4. The number of guanidine groups is 2. The van der Waals surface area contributed by atoms with Gasteiger partial charge in [0, 0.05) is 79.9 Å². The second-order valence-electron chi connectivity index (χ2n) is 14.9. The lowest BCUT2D eigenvalue weighted by atomic mass is 9.83. The molecule has 4 aromatic heterocycles. The molecule has 5 N–H and O–H groups in total.